The molecule has 0 fully saturated rings. The number of nitrogens with zero attached hydrogens (tertiary/aromatic N) is 7. The van der Waals surface area contributed by atoms with E-state index >= 15 is 0 Å². The molecule has 1 aliphatic rings. The summed E-state index contributed by atoms with van der Waals surface area (Å²) in [6.45, 7) is 3.55. The fraction of sp³-hybridized carbons (Fsp3) is 0.278. The lowest BCUT2D eigenvalue weighted by atomic mass is 10.1. The van der Waals surface area contributed by atoms with E-state index < -0.39 is 0 Å². The van der Waals surface area contributed by atoms with Crippen molar-refractivity contribution in [3.63, 3.8) is 0 Å². The first kappa shape index (κ1) is 15.7. The van der Waals surface area contributed by atoms with Crippen LogP contribution in [0, 0.1) is 0 Å². The fourth-order valence-electron chi connectivity index (χ4n) is 3.74. The first-order valence-electron chi connectivity index (χ1n) is 8.87. The summed E-state index contributed by atoms with van der Waals surface area (Å²) in [7, 11) is 0. The molecule has 136 valence electrons. The maximum absolute atomic E-state index is 5.87. The number of nitrogens with two attached hydrogens (primary N) is 1. The van der Waals surface area contributed by atoms with E-state index in [1.165, 1.54) is 5.56 Å². The summed E-state index contributed by atoms with van der Waals surface area (Å²) in [4.78, 5) is 18.1. The Labute approximate surface area is 155 Å². The lowest BCUT2D eigenvalue weighted by Gasteiger charge is -2.33. The number of fused-ring (bicyclic) bond motifs is 2. The van der Waals surface area contributed by atoms with Crippen molar-refractivity contribution < 1.29 is 0 Å². The van der Waals surface area contributed by atoms with Gasteiger partial charge in [0.2, 0.25) is 5.95 Å². The zero-order valence-electron chi connectivity index (χ0n) is 14.9. The molecule has 0 unspecified atom stereocenters. The fourth-order valence-corrected chi connectivity index (χ4v) is 3.74. The highest BCUT2D eigenvalue weighted by Gasteiger charge is 2.29. The SMILES string of the molecule is C[C@H]1CN(c2nc(N)nc3nc[nH]c23)Cc2nnc(Cc3ccccc3)n21. The van der Waals surface area contributed by atoms with Crippen molar-refractivity contribution in [3.05, 3.63) is 53.9 Å². The van der Waals surface area contributed by atoms with Gasteiger partial charge < -0.3 is 20.2 Å². The zero-order valence-corrected chi connectivity index (χ0v) is 14.9. The standard InChI is InChI=1S/C18H19N9/c1-11-8-26(17-15-16(21-10-20-15)22-18(19)23-17)9-14-25-24-13(27(11)14)7-12-5-3-2-4-6-12/h2-6,10-11H,7-9H2,1H3,(H3,19,20,21,22,23)/t11-/m0/s1. The molecule has 1 atom stereocenters. The van der Waals surface area contributed by atoms with Gasteiger partial charge in [-0.05, 0) is 12.5 Å². The van der Waals surface area contributed by atoms with Gasteiger partial charge in [-0.3, -0.25) is 0 Å². The molecule has 3 N–H and O–H groups in total. The summed E-state index contributed by atoms with van der Waals surface area (Å²) >= 11 is 0. The largest absolute Gasteiger partial charge is 0.368 e. The van der Waals surface area contributed by atoms with E-state index in [-0.39, 0.29) is 12.0 Å². The summed E-state index contributed by atoms with van der Waals surface area (Å²) in [6, 6.07) is 10.5. The van der Waals surface area contributed by atoms with Gasteiger partial charge in [0.05, 0.1) is 18.9 Å². The highest BCUT2D eigenvalue weighted by molar-refractivity contribution is 5.84. The molecule has 0 spiro atoms. The molecule has 9 heteroatoms. The Morgan fingerprint density at radius 2 is 2.04 bits per heavy atom. The molecule has 0 saturated carbocycles. The number of rotatable bonds is 3. The van der Waals surface area contributed by atoms with Gasteiger partial charge in [0.15, 0.2) is 17.3 Å². The minimum Gasteiger partial charge on any atom is -0.368 e. The van der Waals surface area contributed by atoms with E-state index in [1.54, 1.807) is 6.33 Å². The number of hydrogen-bond donors (Lipinski definition) is 2. The van der Waals surface area contributed by atoms with Crippen LogP contribution in [-0.2, 0) is 13.0 Å². The first-order chi connectivity index (χ1) is 13.2. The van der Waals surface area contributed by atoms with Crippen molar-refractivity contribution in [2.45, 2.75) is 25.9 Å². The Morgan fingerprint density at radius 1 is 1.19 bits per heavy atom. The van der Waals surface area contributed by atoms with Crippen molar-refractivity contribution in [3.8, 4) is 0 Å². The van der Waals surface area contributed by atoms with Crippen LogP contribution in [0.15, 0.2) is 36.7 Å². The van der Waals surface area contributed by atoms with Crippen molar-refractivity contribution in [1.29, 1.82) is 0 Å². The number of benzene rings is 1. The molecular weight excluding hydrogens is 342 g/mol. The van der Waals surface area contributed by atoms with Gasteiger partial charge in [-0.15, -0.1) is 10.2 Å². The topological polar surface area (TPSA) is 114 Å². The van der Waals surface area contributed by atoms with Gasteiger partial charge in [-0.1, -0.05) is 30.3 Å². The predicted molar refractivity (Wildman–Crippen MR) is 101 cm³/mol. The van der Waals surface area contributed by atoms with Crippen LogP contribution in [0.25, 0.3) is 11.2 Å². The Bertz CT molecular complexity index is 1100. The molecule has 4 heterocycles. The van der Waals surface area contributed by atoms with Crippen molar-refractivity contribution >= 4 is 22.9 Å². The van der Waals surface area contributed by atoms with E-state index in [9.17, 15) is 0 Å². The molecule has 0 radical (unpaired) electrons. The Kier molecular flexibility index (Phi) is 3.52. The highest BCUT2D eigenvalue weighted by atomic mass is 15.4. The van der Waals surface area contributed by atoms with Crippen LogP contribution in [0.3, 0.4) is 0 Å². The number of aromatic amines is 1. The summed E-state index contributed by atoms with van der Waals surface area (Å²) in [6.07, 6.45) is 2.37. The number of imidazole rings is 1. The van der Waals surface area contributed by atoms with Crippen LogP contribution in [0.5, 0.6) is 0 Å². The second-order valence-electron chi connectivity index (χ2n) is 6.80. The van der Waals surface area contributed by atoms with Crippen LogP contribution < -0.4 is 10.6 Å². The minimum absolute atomic E-state index is 0.205. The Morgan fingerprint density at radius 3 is 2.89 bits per heavy atom. The molecule has 4 aromatic rings. The third-order valence-electron chi connectivity index (χ3n) is 4.88. The normalized spacial score (nSPS) is 16.6. The van der Waals surface area contributed by atoms with Crippen LogP contribution in [0.1, 0.15) is 30.2 Å². The lowest BCUT2D eigenvalue weighted by Crippen LogP contribution is -2.37. The quantitative estimate of drug-likeness (QED) is 0.571. The van der Waals surface area contributed by atoms with E-state index in [2.05, 4.69) is 58.7 Å². The van der Waals surface area contributed by atoms with Crippen LogP contribution >= 0.6 is 0 Å². The summed E-state index contributed by atoms with van der Waals surface area (Å²) < 4.78 is 2.23. The summed E-state index contributed by atoms with van der Waals surface area (Å²) in [5, 5.41) is 8.89. The molecule has 0 bridgehead atoms. The Balaban J connectivity index is 1.49. The minimum atomic E-state index is 0.205. The van der Waals surface area contributed by atoms with E-state index in [1.807, 2.05) is 18.2 Å². The highest BCUT2D eigenvalue weighted by Crippen LogP contribution is 2.29. The number of anilines is 2. The molecule has 0 aliphatic carbocycles. The second kappa shape index (κ2) is 6.04. The van der Waals surface area contributed by atoms with Gasteiger partial charge in [0, 0.05) is 13.0 Å². The third-order valence-corrected chi connectivity index (χ3v) is 4.88. The second-order valence-corrected chi connectivity index (χ2v) is 6.80. The first-order valence-corrected chi connectivity index (χ1v) is 8.87. The predicted octanol–water partition coefficient (Wildman–Crippen LogP) is 1.70. The molecule has 0 amide bonds. The van der Waals surface area contributed by atoms with Crippen molar-refractivity contribution in [2.24, 2.45) is 0 Å². The molecule has 5 rings (SSSR count). The van der Waals surface area contributed by atoms with Gasteiger partial charge >= 0.3 is 0 Å². The third kappa shape index (κ3) is 2.67. The maximum atomic E-state index is 5.87. The average Bonchev–Trinajstić information content (AvgIpc) is 3.29. The molecular formula is C18H19N9. The smallest absolute Gasteiger partial charge is 0.224 e. The number of nitrogen functional groups attached to an aromatic ring is 1. The van der Waals surface area contributed by atoms with Gasteiger partial charge in [0.1, 0.15) is 11.3 Å². The molecule has 0 saturated heterocycles. The molecule has 9 nitrogen and oxygen atoms in total. The number of H-pyrrole nitrogens is 1. The van der Waals surface area contributed by atoms with Crippen LogP contribution in [0.4, 0.5) is 11.8 Å². The number of aromatic nitrogens is 7. The molecule has 1 aliphatic heterocycles. The van der Waals surface area contributed by atoms with Crippen molar-refractivity contribution in [2.75, 3.05) is 17.2 Å². The van der Waals surface area contributed by atoms with Gasteiger partial charge in [0.25, 0.3) is 0 Å². The lowest BCUT2D eigenvalue weighted by molar-refractivity contribution is 0.450. The summed E-state index contributed by atoms with van der Waals surface area (Å²) in [5.41, 5.74) is 8.46. The van der Waals surface area contributed by atoms with Crippen LogP contribution in [0.2, 0.25) is 0 Å². The average molecular weight is 361 g/mol. The molecule has 27 heavy (non-hydrogen) atoms. The summed E-state index contributed by atoms with van der Waals surface area (Å²) in [5.74, 6) is 2.87. The van der Waals surface area contributed by atoms with E-state index in [0.29, 0.717) is 12.2 Å². The number of hydrogen-bond acceptors (Lipinski definition) is 7. The van der Waals surface area contributed by atoms with Gasteiger partial charge in [-0.25, -0.2) is 4.98 Å². The molecule has 3 aromatic heterocycles. The molecule has 1 aromatic carbocycles. The maximum Gasteiger partial charge on any atom is 0.224 e. The Hall–Kier alpha value is -3.49. The van der Waals surface area contributed by atoms with Crippen molar-refractivity contribution in [1.82, 2.24) is 34.7 Å². The van der Waals surface area contributed by atoms with Gasteiger partial charge in [-0.2, -0.15) is 9.97 Å². The van der Waals surface area contributed by atoms with Crippen LogP contribution in [-0.4, -0.2) is 41.2 Å². The zero-order chi connectivity index (χ0) is 18.4. The van der Waals surface area contributed by atoms with E-state index in [4.69, 9.17) is 5.73 Å². The van der Waals surface area contributed by atoms with E-state index in [0.717, 1.165) is 35.9 Å². The number of nitrogens with one attached hydrogen (secondary N) is 1. The monoisotopic (exact) mass is 361 g/mol.